The molecule has 2 aromatic rings. The molecule has 0 spiro atoms. The van der Waals surface area contributed by atoms with E-state index in [0.29, 0.717) is 35.4 Å². The second-order valence-electron chi connectivity index (χ2n) is 4.16. The van der Waals surface area contributed by atoms with Gasteiger partial charge in [-0.1, -0.05) is 23.7 Å². The summed E-state index contributed by atoms with van der Waals surface area (Å²) in [7, 11) is 1.59. The predicted molar refractivity (Wildman–Crippen MR) is 81.0 cm³/mol. The van der Waals surface area contributed by atoms with Crippen LogP contribution in [0.2, 0.25) is 5.15 Å². The number of para-hydroxylation sites is 1. The number of carbonyl (C=O) groups excluding carboxylic acids is 1. The van der Waals surface area contributed by atoms with Crippen molar-refractivity contribution in [3.8, 4) is 5.75 Å². The molecule has 5 nitrogen and oxygen atoms in total. The van der Waals surface area contributed by atoms with Crippen molar-refractivity contribution in [1.29, 1.82) is 0 Å². The number of halogens is 1. The molecule has 0 radical (unpaired) electrons. The highest BCUT2D eigenvalue weighted by molar-refractivity contribution is 6.29. The van der Waals surface area contributed by atoms with Gasteiger partial charge in [0.05, 0.1) is 24.1 Å². The number of ether oxygens (including phenoxy) is 2. The lowest BCUT2D eigenvalue weighted by atomic mass is 10.2. The van der Waals surface area contributed by atoms with Crippen molar-refractivity contribution in [3.05, 3.63) is 53.3 Å². The van der Waals surface area contributed by atoms with Gasteiger partial charge in [-0.05, 0) is 24.3 Å². The van der Waals surface area contributed by atoms with E-state index in [1.54, 1.807) is 37.4 Å². The first-order valence-electron chi connectivity index (χ1n) is 6.34. The third-order valence-corrected chi connectivity index (χ3v) is 2.89. The molecule has 1 N–H and O–H groups in total. The summed E-state index contributed by atoms with van der Waals surface area (Å²) in [6, 6.07) is 10.3. The summed E-state index contributed by atoms with van der Waals surface area (Å²) in [6.45, 7) is 0.834. The summed E-state index contributed by atoms with van der Waals surface area (Å²) < 4.78 is 10.5. The molecular formula is C15H15ClN2O3. The van der Waals surface area contributed by atoms with Gasteiger partial charge in [0.15, 0.2) is 0 Å². The van der Waals surface area contributed by atoms with Crippen molar-refractivity contribution in [1.82, 2.24) is 4.98 Å². The molecule has 0 aliphatic rings. The molecule has 0 bridgehead atoms. The minimum atomic E-state index is -0.271. The standard InChI is InChI=1S/C15H15ClN2O3/c1-20-8-9-21-13-5-3-2-4-12(13)15(19)18-11-6-7-14(16)17-10-11/h2-7,10H,8-9H2,1H3,(H,18,19). The van der Waals surface area contributed by atoms with Gasteiger partial charge in [-0.2, -0.15) is 0 Å². The normalized spacial score (nSPS) is 10.2. The molecule has 0 atom stereocenters. The highest BCUT2D eigenvalue weighted by atomic mass is 35.5. The largest absolute Gasteiger partial charge is 0.490 e. The van der Waals surface area contributed by atoms with E-state index in [0.717, 1.165) is 0 Å². The van der Waals surface area contributed by atoms with Crippen molar-refractivity contribution in [2.45, 2.75) is 0 Å². The Labute approximate surface area is 127 Å². The first kappa shape index (κ1) is 15.3. The van der Waals surface area contributed by atoms with Gasteiger partial charge < -0.3 is 14.8 Å². The van der Waals surface area contributed by atoms with Gasteiger partial charge in [0.1, 0.15) is 17.5 Å². The Hall–Kier alpha value is -2.11. The SMILES string of the molecule is COCCOc1ccccc1C(=O)Nc1ccc(Cl)nc1. The van der Waals surface area contributed by atoms with Crippen LogP contribution in [0.5, 0.6) is 5.75 Å². The molecule has 110 valence electrons. The van der Waals surface area contributed by atoms with E-state index < -0.39 is 0 Å². The van der Waals surface area contributed by atoms with E-state index in [2.05, 4.69) is 10.3 Å². The second-order valence-corrected chi connectivity index (χ2v) is 4.55. The fourth-order valence-corrected chi connectivity index (χ4v) is 1.78. The van der Waals surface area contributed by atoms with Crippen LogP contribution in [0.25, 0.3) is 0 Å². The number of aromatic nitrogens is 1. The van der Waals surface area contributed by atoms with Gasteiger partial charge in [-0.3, -0.25) is 4.79 Å². The van der Waals surface area contributed by atoms with Crippen LogP contribution in [0, 0.1) is 0 Å². The summed E-state index contributed by atoms with van der Waals surface area (Å²) in [5, 5.41) is 3.12. The minimum Gasteiger partial charge on any atom is -0.490 e. The Morgan fingerprint density at radius 1 is 1.24 bits per heavy atom. The first-order valence-corrected chi connectivity index (χ1v) is 6.72. The Bertz CT molecular complexity index is 602. The number of nitrogens with one attached hydrogen (secondary N) is 1. The Morgan fingerprint density at radius 3 is 2.76 bits per heavy atom. The zero-order valence-electron chi connectivity index (χ0n) is 11.5. The summed E-state index contributed by atoms with van der Waals surface area (Å²) in [6.07, 6.45) is 1.49. The quantitative estimate of drug-likeness (QED) is 0.658. The molecule has 0 saturated carbocycles. The first-order chi connectivity index (χ1) is 10.2. The average Bonchev–Trinajstić information content (AvgIpc) is 2.50. The number of hydrogen-bond acceptors (Lipinski definition) is 4. The number of nitrogens with zero attached hydrogens (tertiary/aromatic N) is 1. The molecule has 1 heterocycles. The topological polar surface area (TPSA) is 60.5 Å². The van der Waals surface area contributed by atoms with Gasteiger partial charge in [-0.25, -0.2) is 4.98 Å². The molecule has 6 heteroatoms. The van der Waals surface area contributed by atoms with E-state index in [1.165, 1.54) is 6.20 Å². The van der Waals surface area contributed by atoms with Gasteiger partial charge >= 0.3 is 0 Å². The summed E-state index contributed by atoms with van der Waals surface area (Å²) in [5.41, 5.74) is 1.01. The van der Waals surface area contributed by atoms with Crippen molar-refractivity contribution in [2.75, 3.05) is 25.6 Å². The van der Waals surface area contributed by atoms with E-state index >= 15 is 0 Å². The molecule has 2 rings (SSSR count). The third-order valence-electron chi connectivity index (χ3n) is 2.66. The summed E-state index contributed by atoms with van der Waals surface area (Å²) in [5.74, 6) is 0.237. The van der Waals surface area contributed by atoms with Crippen LogP contribution in [-0.2, 0) is 4.74 Å². The fourth-order valence-electron chi connectivity index (χ4n) is 1.66. The van der Waals surface area contributed by atoms with Crippen molar-refractivity contribution in [2.24, 2.45) is 0 Å². The maximum Gasteiger partial charge on any atom is 0.259 e. The van der Waals surface area contributed by atoms with Crippen LogP contribution >= 0.6 is 11.6 Å². The molecule has 1 amide bonds. The molecule has 1 aromatic carbocycles. The van der Waals surface area contributed by atoms with Crippen LogP contribution in [0.1, 0.15) is 10.4 Å². The maximum atomic E-state index is 12.3. The van der Waals surface area contributed by atoms with E-state index in [1.807, 2.05) is 6.07 Å². The van der Waals surface area contributed by atoms with Gasteiger partial charge in [0.25, 0.3) is 5.91 Å². The highest BCUT2D eigenvalue weighted by Crippen LogP contribution is 2.20. The number of hydrogen-bond donors (Lipinski definition) is 1. The lowest BCUT2D eigenvalue weighted by Gasteiger charge is -2.11. The molecule has 21 heavy (non-hydrogen) atoms. The number of rotatable bonds is 6. The lowest BCUT2D eigenvalue weighted by molar-refractivity contribution is 0.101. The van der Waals surface area contributed by atoms with Crippen molar-refractivity contribution >= 4 is 23.2 Å². The van der Waals surface area contributed by atoms with Gasteiger partial charge in [0, 0.05) is 7.11 Å². The smallest absolute Gasteiger partial charge is 0.259 e. The molecule has 0 aliphatic heterocycles. The van der Waals surface area contributed by atoms with E-state index in [9.17, 15) is 4.79 Å². The lowest BCUT2D eigenvalue weighted by Crippen LogP contribution is -2.15. The maximum absolute atomic E-state index is 12.3. The van der Waals surface area contributed by atoms with Crippen molar-refractivity contribution < 1.29 is 14.3 Å². The molecule has 0 fully saturated rings. The Morgan fingerprint density at radius 2 is 2.05 bits per heavy atom. The van der Waals surface area contributed by atoms with Crippen LogP contribution in [0.3, 0.4) is 0 Å². The van der Waals surface area contributed by atoms with Crippen LogP contribution in [0.15, 0.2) is 42.6 Å². The molecule has 0 unspecified atom stereocenters. The van der Waals surface area contributed by atoms with Crippen LogP contribution in [-0.4, -0.2) is 31.2 Å². The zero-order valence-corrected chi connectivity index (χ0v) is 12.3. The number of benzene rings is 1. The Balaban J connectivity index is 2.09. The Kier molecular flexibility index (Phi) is 5.54. The molecular weight excluding hydrogens is 292 g/mol. The second kappa shape index (κ2) is 7.61. The molecule has 0 saturated heterocycles. The molecule has 0 aliphatic carbocycles. The third kappa shape index (κ3) is 4.44. The van der Waals surface area contributed by atoms with E-state index in [4.69, 9.17) is 21.1 Å². The number of amides is 1. The number of carbonyl (C=O) groups is 1. The average molecular weight is 307 g/mol. The predicted octanol–water partition coefficient (Wildman–Crippen LogP) is 3.01. The van der Waals surface area contributed by atoms with Crippen LogP contribution < -0.4 is 10.1 Å². The minimum absolute atomic E-state index is 0.271. The van der Waals surface area contributed by atoms with E-state index in [-0.39, 0.29) is 5.91 Å². The summed E-state index contributed by atoms with van der Waals surface area (Å²) in [4.78, 5) is 16.2. The van der Waals surface area contributed by atoms with Gasteiger partial charge in [-0.15, -0.1) is 0 Å². The van der Waals surface area contributed by atoms with Crippen molar-refractivity contribution in [3.63, 3.8) is 0 Å². The monoisotopic (exact) mass is 306 g/mol. The number of anilines is 1. The molecule has 1 aromatic heterocycles. The number of pyridine rings is 1. The van der Waals surface area contributed by atoms with Gasteiger partial charge in [0.2, 0.25) is 0 Å². The zero-order chi connectivity index (χ0) is 15.1. The number of methoxy groups -OCH3 is 1. The fraction of sp³-hybridized carbons (Fsp3) is 0.200. The highest BCUT2D eigenvalue weighted by Gasteiger charge is 2.12. The summed E-state index contributed by atoms with van der Waals surface area (Å²) >= 11 is 5.71. The van der Waals surface area contributed by atoms with Crippen LogP contribution in [0.4, 0.5) is 5.69 Å².